The van der Waals surface area contributed by atoms with Crippen LogP contribution in [0.1, 0.15) is 111 Å². The largest absolute Gasteiger partial charge is 0.519 e. The van der Waals surface area contributed by atoms with Crippen LogP contribution in [0, 0.1) is 57.2 Å². The first-order chi connectivity index (χ1) is 22.8. The number of carbonyl (C=O) groups is 4. The Labute approximate surface area is 287 Å². The molecule has 270 valence electrons. The zero-order valence-corrected chi connectivity index (χ0v) is 30.3. The van der Waals surface area contributed by atoms with Crippen molar-refractivity contribution in [2.75, 3.05) is 13.7 Å². The summed E-state index contributed by atoms with van der Waals surface area (Å²) < 4.78 is 20.9. The van der Waals surface area contributed by atoms with Crippen molar-refractivity contribution in [2.24, 2.45) is 50.2 Å². The van der Waals surface area contributed by atoms with Crippen LogP contribution in [-0.2, 0) is 35.3 Å². The number of hydrogen-bond acceptors (Lipinski definition) is 10. The fraction of sp³-hybridized carbons (Fsp3) is 0.763. The van der Waals surface area contributed by atoms with E-state index in [2.05, 4.69) is 33.0 Å². The molecule has 0 saturated heterocycles. The number of carbonyl (C=O) groups excluding carboxylic acids is 3. The average Bonchev–Trinajstić information content (AvgIpc) is 3.36. The number of hydrogen-bond donors (Lipinski definition) is 2. The van der Waals surface area contributed by atoms with Crippen molar-refractivity contribution >= 4 is 23.7 Å². The number of nitrogens with one attached hydrogen (secondary N) is 1. The summed E-state index contributed by atoms with van der Waals surface area (Å²) in [5, 5.41) is 13.5. The van der Waals surface area contributed by atoms with Gasteiger partial charge in [-0.3, -0.25) is 19.2 Å². The smallest absolute Gasteiger partial charge is 0.481 e. The van der Waals surface area contributed by atoms with Gasteiger partial charge in [0.05, 0.1) is 24.5 Å². The Hall–Kier alpha value is -3.21. The van der Waals surface area contributed by atoms with E-state index in [9.17, 15) is 29.1 Å². The summed E-state index contributed by atoms with van der Waals surface area (Å²) >= 11 is 0. The lowest BCUT2D eigenvalue weighted by molar-refractivity contribution is -0.205. The second-order valence-electron chi connectivity index (χ2n) is 17.4. The van der Waals surface area contributed by atoms with Crippen molar-refractivity contribution in [1.82, 2.24) is 5.32 Å². The van der Waals surface area contributed by atoms with Gasteiger partial charge in [0, 0.05) is 12.0 Å². The van der Waals surface area contributed by atoms with Gasteiger partial charge in [-0.2, -0.15) is 0 Å². The van der Waals surface area contributed by atoms with Crippen molar-refractivity contribution in [3.63, 3.8) is 0 Å². The van der Waals surface area contributed by atoms with Gasteiger partial charge in [-0.15, -0.1) is 0 Å². The number of ether oxygens (including phenoxy) is 2. The van der Waals surface area contributed by atoms with E-state index in [1.165, 1.54) is 7.11 Å². The van der Waals surface area contributed by atoms with E-state index in [-0.39, 0.29) is 59.0 Å². The molecule has 11 nitrogen and oxygen atoms in total. The molecule has 4 saturated carbocycles. The molecular weight excluding hydrogens is 630 g/mol. The monoisotopic (exact) mass is 683 g/mol. The number of allylic oxidation sites excluding steroid dienone is 2. The van der Waals surface area contributed by atoms with Crippen molar-refractivity contribution in [3.05, 3.63) is 33.8 Å². The van der Waals surface area contributed by atoms with Crippen LogP contribution < -0.4 is 11.1 Å². The first-order valence-corrected chi connectivity index (χ1v) is 17.9. The van der Waals surface area contributed by atoms with Crippen LogP contribution in [0.5, 0.6) is 0 Å². The third-order valence-corrected chi connectivity index (χ3v) is 15.1. The summed E-state index contributed by atoms with van der Waals surface area (Å²) in [6.07, 6.45) is 8.36. The number of fused-ring (bicyclic) bond motifs is 7. The third kappa shape index (κ3) is 5.10. The lowest BCUT2D eigenvalue weighted by Gasteiger charge is -2.70. The van der Waals surface area contributed by atoms with Crippen LogP contribution in [0.15, 0.2) is 25.3 Å². The molecule has 0 amide bonds. The summed E-state index contributed by atoms with van der Waals surface area (Å²) in [7, 11) is 1.32. The van der Waals surface area contributed by atoms with Crippen LogP contribution in [0.2, 0.25) is 0 Å². The molecule has 5 aliphatic rings. The van der Waals surface area contributed by atoms with Gasteiger partial charge in [-0.25, -0.2) is 4.79 Å². The maximum Gasteiger partial charge on any atom is 0.519 e. The van der Waals surface area contributed by atoms with Crippen LogP contribution >= 0.6 is 0 Å². The summed E-state index contributed by atoms with van der Waals surface area (Å²) in [5.74, 6) is -2.77. The Bertz CT molecular complexity index is 1660. The van der Waals surface area contributed by atoms with Crippen LogP contribution in [0.4, 0.5) is 0 Å². The molecule has 0 radical (unpaired) electrons. The minimum absolute atomic E-state index is 0.0123. The van der Waals surface area contributed by atoms with Gasteiger partial charge in [0.15, 0.2) is 23.9 Å². The standard InChI is InChI=1S/C38H53NO10/c1-21-25(49-32(45)48-21)20-47-31(44)38(7)26-9-12-37(6)29(35(26,4)11-10-27(38)39-19-28(41)46-8)24(40)17-22-23-18-34(3,30(42)43)14-13-33(23,2)15-16-36(22,37)5/h17,23,26-27,29,39H,9-16,18-20H2,1-8H3,(H,42,43)/t23-,26+,27-,29+,33+,34-,35-,36+,37+,38-/m0/s1. The molecule has 49 heavy (non-hydrogen) atoms. The first kappa shape index (κ1) is 35.6. The molecule has 5 aliphatic carbocycles. The van der Waals surface area contributed by atoms with Crippen LogP contribution in [-0.4, -0.2) is 48.5 Å². The van der Waals surface area contributed by atoms with Gasteiger partial charge in [-0.1, -0.05) is 33.3 Å². The minimum Gasteiger partial charge on any atom is -0.481 e. The zero-order chi connectivity index (χ0) is 35.9. The second-order valence-corrected chi connectivity index (χ2v) is 17.4. The minimum atomic E-state index is -1.14. The Balaban J connectivity index is 1.39. The molecule has 2 N–H and O–H groups in total. The molecule has 0 aliphatic heterocycles. The van der Waals surface area contributed by atoms with E-state index >= 15 is 0 Å². The number of methoxy groups -OCH3 is 1. The van der Waals surface area contributed by atoms with Crippen LogP contribution in [0.3, 0.4) is 0 Å². The topological polar surface area (TPSA) is 162 Å². The van der Waals surface area contributed by atoms with Gasteiger partial charge in [0.25, 0.3) is 0 Å². The van der Waals surface area contributed by atoms with Crippen molar-refractivity contribution in [1.29, 1.82) is 0 Å². The van der Waals surface area contributed by atoms with E-state index in [4.69, 9.17) is 18.3 Å². The molecule has 6 rings (SSSR count). The number of aliphatic carboxylic acids is 1. The second kappa shape index (κ2) is 11.7. The molecule has 0 spiro atoms. The fourth-order valence-corrected chi connectivity index (χ4v) is 11.7. The molecule has 1 heterocycles. The van der Waals surface area contributed by atoms with Gasteiger partial charge < -0.3 is 28.7 Å². The average molecular weight is 684 g/mol. The molecule has 0 aromatic carbocycles. The Morgan fingerprint density at radius 2 is 1.65 bits per heavy atom. The Kier molecular flexibility index (Phi) is 8.48. The van der Waals surface area contributed by atoms with Crippen LogP contribution in [0.25, 0.3) is 0 Å². The van der Waals surface area contributed by atoms with E-state index in [1.54, 1.807) is 6.92 Å². The van der Waals surface area contributed by atoms with E-state index in [0.717, 1.165) is 24.8 Å². The van der Waals surface area contributed by atoms with Crippen molar-refractivity contribution in [3.8, 4) is 0 Å². The highest BCUT2D eigenvalue weighted by atomic mass is 16.6. The van der Waals surface area contributed by atoms with Gasteiger partial charge in [0.1, 0.15) is 0 Å². The van der Waals surface area contributed by atoms with E-state index in [1.807, 2.05) is 19.9 Å². The van der Waals surface area contributed by atoms with Gasteiger partial charge in [-0.05, 0) is 118 Å². The van der Waals surface area contributed by atoms with Gasteiger partial charge in [0.2, 0.25) is 0 Å². The molecule has 0 unspecified atom stereocenters. The molecular formula is C38H53NO10. The van der Waals surface area contributed by atoms with Gasteiger partial charge >= 0.3 is 23.7 Å². The predicted octanol–water partition coefficient (Wildman–Crippen LogP) is 5.76. The van der Waals surface area contributed by atoms with E-state index < -0.39 is 51.4 Å². The summed E-state index contributed by atoms with van der Waals surface area (Å²) in [5.41, 5.74) is -2.19. The molecule has 4 fully saturated rings. The summed E-state index contributed by atoms with van der Waals surface area (Å²) in [6.45, 7) is 14.0. The van der Waals surface area contributed by atoms with E-state index in [0.29, 0.717) is 38.5 Å². The van der Waals surface area contributed by atoms with Crippen molar-refractivity contribution in [2.45, 2.75) is 119 Å². The lowest BCUT2D eigenvalue weighted by atomic mass is 9.33. The molecule has 10 atom stereocenters. The number of carboxylic acids is 1. The SMILES string of the molecule is COC(=O)CN[C@H]1CC[C@@]2(C)[C@@H](CC[C@]3(C)[C@@H]2C(=O)C=C2[C@@H]4C[C@@](C)(C(=O)O)CC[C@]4(C)CC[C@]23C)[C@]1(C)C(=O)OCc1oc(=O)oc1C. The normalized spacial score (nSPS) is 42.9. The molecule has 1 aromatic heterocycles. The zero-order valence-electron chi connectivity index (χ0n) is 30.3. The Morgan fingerprint density at radius 1 is 0.959 bits per heavy atom. The highest BCUT2D eigenvalue weighted by Gasteiger charge is 2.72. The summed E-state index contributed by atoms with van der Waals surface area (Å²) in [6, 6.07) is -0.439. The summed E-state index contributed by atoms with van der Waals surface area (Å²) in [4.78, 5) is 65.5. The maximum absolute atomic E-state index is 14.8. The highest BCUT2D eigenvalue weighted by molar-refractivity contribution is 5.96. The number of carboxylic acid groups (broad SMARTS) is 1. The lowest BCUT2D eigenvalue weighted by Crippen LogP contribution is -2.69. The third-order valence-electron chi connectivity index (χ3n) is 15.1. The fourth-order valence-electron chi connectivity index (χ4n) is 11.7. The molecule has 0 bridgehead atoms. The van der Waals surface area contributed by atoms with Crippen molar-refractivity contribution < 1.29 is 42.6 Å². The maximum atomic E-state index is 14.8. The predicted molar refractivity (Wildman–Crippen MR) is 177 cm³/mol. The number of aryl methyl sites for hydroxylation is 1. The highest BCUT2D eigenvalue weighted by Crippen LogP contribution is 2.75. The quantitative estimate of drug-likeness (QED) is 0.336. The molecule has 11 heteroatoms. The number of rotatable bonds is 7. The molecule has 1 aromatic rings. The first-order valence-electron chi connectivity index (χ1n) is 17.9. The number of esters is 2. The number of ketones is 1. The Morgan fingerprint density at radius 3 is 2.29 bits per heavy atom.